The predicted molar refractivity (Wildman–Crippen MR) is 65.8 cm³/mol. The number of rotatable bonds is 1. The van der Waals surface area contributed by atoms with Gasteiger partial charge in [0.2, 0.25) is 0 Å². The molecule has 3 aromatic rings. The Bertz CT molecular complexity index is 704. The number of hydrogen-bond donors (Lipinski definition) is 0. The lowest BCUT2D eigenvalue weighted by atomic mass is 9.98. The van der Waals surface area contributed by atoms with Crippen molar-refractivity contribution in [1.82, 2.24) is 0 Å². The lowest BCUT2D eigenvalue weighted by Gasteiger charge is -2.07. The Morgan fingerprint density at radius 3 is 2.24 bits per heavy atom. The van der Waals surface area contributed by atoms with Crippen molar-refractivity contribution in [2.75, 3.05) is 0 Å². The van der Waals surface area contributed by atoms with Crippen molar-refractivity contribution in [3.8, 4) is 0 Å². The van der Waals surface area contributed by atoms with Crippen LogP contribution >= 0.6 is 0 Å². The Hall–Kier alpha value is -1.93. The van der Waals surface area contributed by atoms with E-state index in [0.29, 0.717) is 10.9 Å². The second-order valence-corrected chi connectivity index (χ2v) is 4.06. The molecule has 0 aliphatic rings. The van der Waals surface area contributed by atoms with Crippen LogP contribution in [0, 0.1) is 5.82 Å². The average Bonchev–Trinajstić information content (AvgIpc) is 2.39. The minimum atomic E-state index is -0.324. The van der Waals surface area contributed by atoms with Gasteiger partial charge in [0.25, 0.3) is 0 Å². The first-order valence-electron chi connectivity index (χ1n) is 5.48. The maximum atomic E-state index is 13.9. The molecular weight excluding hydrogens is 215 g/mol. The molecule has 3 rings (SSSR count). The fourth-order valence-electron chi connectivity index (χ4n) is 2.27. The smallest absolute Gasteiger partial charge is 0.131 e. The van der Waals surface area contributed by atoms with Crippen molar-refractivity contribution in [1.29, 1.82) is 0 Å². The highest BCUT2D eigenvalue weighted by Gasteiger charge is 2.08. The van der Waals surface area contributed by atoms with Crippen molar-refractivity contribution >= 4 is 21.5 Å². The van der Waals surface area contributed by atoms with Crippen molar-refractivity contribution in [3.05, 3.63) is 59.9 Å². The lowest BCUT2D eigenvalue weighted by molar-refractivity contribution is 0.179. The molecule has 0 saturated heterocycles. The van der Waals surface area contributed by atoms with E-state index in [2.05, 4.69) is 0 Å². The molecule has 0 aliphatic carbocycles. The maximum Gasteiger partial charge on any atom is 0.131 e. The molecule has 0 N–H and O–H groups in total. The highest BCUT2D eigenvalue weighted by molar-refractivity contribution is 6.08. The van der Waals surface area contributed by atoms with Crippen molar-refractivity contribution in [3.63, 3.8) is 0 Å². The fourth-order valence-corrected chi connectivity index (χ4v) is 2.27. The largest absolute Gasteiger partial charge is 0.232 e. The monoisotopic (exact) mass is 225 g/mol. The van der Waals surface area contributed by atoms with E-state index in [1.165, 1.54) is 6.07 Å². The normalized spacial score (nSPS) is 11.2. The standard InChI is InChI=1S/C15H10FO/c16-15-8-14-10(9-17)4-3-7-12(14)11-5-1-2-6-13(11)15/h1-8H,9H2. The van der Waals surface area contributed by atoms with Gasteiger partial charge in [0.15, 0.2) is 0 Å². The Kier molecular flexibility index (Phi) is 2.30. The topological polar surface area (TPSA) is 19.9 Å². The number of fused-ring (bicyclic) bond motifs is 3. The zero-order valence-corrected chi connectivity index (χ0v) is 9.11. The summed E-state index contributed by atoms with van der Waals surface area (Å²) in [6, 6.07) is 14.3. The molecule has 0 spiro atoms. The zero-order chi connectivity index (χ0) is 11.8. The second-order valence-electron chi connectivity index (χ2n) is 4.06. The van der Waals surface area contributed by atoms with Gasteiger partial charge in [0.1, 0.15) is 12.4 Å². The van der Waals surface area contributed by atoms with Crippen LogP contribution in [-0.4, -0.2) is 0 Å². The maximum absolute atomic E-state index is 13.9. The Labute approximate surface area is 98.1 Å². The van der Waals surface area contributed by atoms with Gasteiger partial charge in [-0.3, -0.25) is 0 Å². The number of hydrogen-bond acceptors (Lipinski definition) is 0. The van der Waals surface area contributed by atoms with E-state index in [1.807, 2.05) is 30.3 Å². The van der Waals surface area contributed by atoms with Gasteiger partial charge >= 0.3 is 0 Å². The molecule has 1 radical (unpaired) electrons. The average molecular weight is 225 g/mol. The van der Waals surface area contributed by atoms with Gasteiger partial charge in [0.05, 0.1) is 0 Å². The molecule has 0 aromatic heterocycles. The van der Waals surface area contributed by atoms with Crippen LogP contribution < -0.4 is 0 Å². The van der Waals surface area contributed by atoms with Crippen LogP contribution in [0.15, 0.2) is 48.5 Å². The van der Waals surface area contributed by atoms with E-state index in [0.717, 1.165) is 16.2 Å². The molecule has 0 amide bonds. The van der Waals surface area contributed by atoms with Gasteiger partial charge in [-0.1, -0.05) is 42.5 Å². The van der Waals surface area contributed by atoms with Gasteiger partial charge in [-0.25, -0.2) is 9.50 Å². The summed E-state index contributed by atoms with van der Waals surface area (Å²) in [7, 11) is 0. The highest BCUT2D eigenvalue weighted by atomic mass is 19.1. The van der Waals surface area contributed by atoms with Crippen LogP contribution in [0.3, 0.4) is 0 Å². The minimum Gasteiger partial charge on any atom is -0.232 e. The minimum absolute atomic E-state index is 0.269. The lowest BCUT2D eigenvalue weighted by Crippen LogP contribution is -1.88. The molecule has 2 heteroatoms. The summed E-state index contributed by atoms with van der Waals surface area (Å²) >= 11 is 0. The summed E-state index contributed by atoms with van der Waals surface area (Å²) in [6.07, 6.45) is 0. The van der Waals surface area contributed by atoms with Gasteiger partial charge in [-0.05, 0) is 27.8 Å². The van der Waals surface area contributed by atoms with Gasteiger partial charge in [-0.15, -0.1) is 0 Å². The summed E-state index contributed by atoms with van der Waals surface area (Å²) in [5, 5.41) is 14.2. The summed E-state index contributed by atoms with van der Waals surface area (Å²) in [4.78, 5) is 0. The third kappa shape index (κ3) is 1.49. The molecular formula is C15H10FO. The molecule has 1 nitrogen and oxygen atoms in total. The predicted octanol–water partition coefficient (Wildman–Crippen LogP) is 4.06. The highest BCUT2D eigenvalue weighted by Crippen LogP contribution is 2.29. The van der Waals surface area contributed by atoms with Crippen molar-refractivity contribution < 1.29 is 9.50 Å². The molecule has 0 fully saturated rings. The van der Waals surface area contributed by atoms with Gasteiger partial charge in [0, 0.05) is 5.39 Å². The first kappa shape index (κ1) is 10.2. The van der Waals surface area contributed by atoms with E-state index in [-0.39, 0.29) is 12.4 Å². The molecule has 0 bridgehead atoms. The second kappa shape index (κ2) is 3.82. The molecule has 3 aromatic carbocycles. The SMILES string of the molecule is [O]Cc1cccc2c1cc(F)c1ccccc12. The van der Waals surface area contributed by atoms with Gasteiger partial charge < -0.3 is 0 Å². The fraction of sp³-hybridized carbons (Fsp3) is 0.0667. The zero-order valence-electron chi connectivity index (χ0n) is 9.11. The molecule has 0 aliphatic heterocycles. The van der Waals surface area contributed by atoms with E-state index >= 15 is 0 Å². The number of benzene rings is 3. The van der Waals surface area contributed by atoms with Crippen LogP contribution in [0.1, 0.15) is 5.56 Å². The third-order valence-corrected chi connectivity index (χ3v) is 3.10. The quantitative estimate of drug-likeness (QED) is 0.556. The summed E-state index contributed by atoms with van der Waals surface area (Å²) < 4.78 is 13.9. The molecule has 0 saturated carbocycles. The molecule has 0 atom stereocenters. The summed E-state index contributed by atoms with van der Waals surface area (Å²) in [5.74, 6) is -0.269. The van der Waals surface area contributed by atoms with Crippen LogP contribution in [0.2, 0.25) is 0 Å². The first-order chi connectivity index (χ1) is 8.31. The van der Waals surface area contributed by atoms with Crippen molar-refractivity contribution in [2.24, 2.45) is 0 Å². The van der Waals surface area contributed by atoms with Crippen LogP contribution in [-0.2, 0) is 11.7 Å². The Balaban J connectivity index is 2.57. The molecule has 83 valence electrons. The van der Waals surface area contributed by atoms with Crippen molar-refractivity contribution in [2.45, 2.75) is 6.61 Å². The molecule has 0 heterocycles. The Morgan fingerprint density at radius 2 is 1.47 bits per heavy atom. The third-order valence-electron chi connectivity index (χ3n) is 3.10. The summed E-state index contributed by atoms with van der Waals surface area (Å²) in [6.45, 7) is -0.324. The van der Waals surface area contributed by atoms with Crippen LogP contribution in [0.5, 0.6) is 0 Å². The Morgan fingerprint density at radius 1 is 0.824 bits per heavy atom. The number of halogens is 1. The van der Waals surface area contributed by atoms with E-state index in [9.17, 15) is 9.50 Å². The molecule has 0 unspecified atom stereocenters. The van der Waals surface area contributed by atoms with E-state index in [4.69, 9.17) is 0 Å². The first-order valence-corrected chi connectivity index (χ1v) is 5.48. The van der Waals surface area contributed by atoms with Crippen LogP contribution in [0.4, 0.5) is 4.39 Å². The van der Waals surface area contributed by atoms with E-state index < -0.39 is 0 Å². The van der Waals surface area contributed by atoms with Gasteiger partial charge in [-0.2, -0.15) is 0 Å². The van der Waals surface area contributed by atoms with E-state index in [1.54, 1.807) is 12.1 Å². The summed E-state index contributed by atoms with van der Waals surface area (Å²) in [5.41, 5.74) is 0.646. The molecule has 17 heavy (non-hydrogen) atoms. The van der Waals surface area contributed by atoms with Crippen LogP contribution in [0.25, 0.3) is 21.5 Å².